The summed E-state index contributed by atoms with van der Waals surface area (Å²) in [5.74, 6) is -1.30. The third-order valence-corrected chi connectivity index (χ3v) is 12.8. The second-order valence-corrected chi connectivity index (χ2v) is 18.9. The average molecular weight is 812 g/mol. The number of fused-ring (bicyclic) bond motifs is 2. The van der Waals surface area contributed by atoms with Crippen LogP contribution in [-0.4, -0.2) is 125 Å². The van der Waals surface area contributed by atoms with Gasteiger partial charge < -0.3 is 29.9 Å². The van der Waals surface area contributed by atoms with E-state index in [0.29, 0.717) is 68.6 Å². The van der Waals surface area contributed by atoms with E-state index >= 15 is 4.79 Å². The Hall–Kier alpha value is -4.58. The van der Waals surface area contributed by atoms with Crippen LogP contribution in [0.25, 0.3) is 11.4 Å². The van der Waals surface area contributed by atoms with Crippen molar-refractivity contribution in [2.75, 3.05) is 27.7 Å². The van der Waals surface area contributed by atoms with Crippen LogP contribution >= 0.6 is 0 Å². The Balaban J connectivity index is 1.39. The van der Waals surface area contributed by atoms with Gasteiger partial charge in [-0.3, -0.25) is 19.1 Å². The van der Waals surface area contributed by atoms with Gasteiger partial charge in [0.1, 0.15) is 29.0 Å². The van der Waals surface area contributed by atoms with Crippen molar-refractivity contribution >= 4 is 33.8 Å². The molecule has 0 bridgehead atoms. The monoisotopic (exact) mass is 811 g/mol. The third-order valence-electron chi connectivity index (χ3n) is 11.0. The lowest BCUT2D eigenvalue weighted by molar-refractivity contribution is -0.143. The Labute approximate surface area is 334 Å². The smallest absolute Gasteiger partial charge is 0.408 e. The number of allylic oxidation sites excluding steroid dienone is 1. The number of alkyl carbamates (subject to hydrolysis) is 1. The molecule has 0 radical (unpaired) electrons. The Kier molecular flexibility index (Phi) is 12.6. The van der Waals surface area contributed by atoms with E-state index < -0.39 is 80.3 Å². The van der Waals surface area contributed by atoms with E-state index in [1.807, 2.05) is 43.3 Å². The number of carbonyl (C=O) groups is 4. The quantitative estimate of drug-likeness (QED) is 0.280. The summed E-state index contributed by atoms with van der Waals surface area (Å²) < 4.78 is 39.1. The highest BCUT2D eigenvalue weighted by Crippen LogP contribution is 2.47. The van der Waals surface area contributed by atoms with Crippen LogP contribution in [0.3, 0.4) is 0 Å². The van der Waals surface area contributed by atoms with E-state index in [0.717, 1.165) is 12.8 Å². The number of benzene rings is 1. The van der Waals surface area contributed by atoms with Crippen LogP contribution in [-0.2, 0) is 29.1 Å². The van der Waals surface area contributed by atoms with Crippen LogP contribution in [0, 0.1) is 5.92 Å². The SMILES string of the molecule is COc1ccc(-c2nnn([C@@H]3CC4C(=O)NC5(C(=O)NS(=O)(=O)C6CC6)CC5/C=C\CCCCCC(NC(=O)OC(C)(C)C)C(=O)N4[C@H]3CCCN(C)C)n2)cc1. The van der Waals surface area contributed by atoms with Crippen LogP contribution in [0.15, 0.2) is 36.4 Å². The van der Waals surface area contributed by atoms with E-state index in [1.165, 1.54) is 9.70 Å². The minimum absolute atomic E-state index is 0.0698. The van der Waals surface area contributed by atoms with Crippen LogP contribution in [0.4, 0.5) is 4.79 Å². The Morgan fingerprint density at radius 2 is 1.81 bits per heavy atom. The van der Waals surface area contributed by atoms with Crippen molar-refractivity contribution in [1.82, 2.24) is 45.4 Å². The summed E-state index contributed by atoms with van der Waals surface area (Å²) in [6, 6.07) is 3.79. The van der Waals surface area contributed by atoms with E-state index in [2.05, 4.69) is 25.7 Å². The number of nitrogens with one attached hydrogen (secondary N) is 3. The Morgan fingerprint density at radius 3 is 2.47 bits per heavy atom. The van der Waals surface area contributed by atoms with Crippen LogP contribution in [0.1, 0.15) is 97.4 Å². The first-order chi connectivity index (χ1) is 27.0. The van der Waals surface area contributed by atoms with Gasteiger partial charge in [-0.2, -0.15) is 4.80 Å². The minimum atomic E-state index is -3.91. The summed E-state index contributed by atoms with van der Waals surface area (Å²) in [7, 11) is 1.57. The molecule has 3 N–H and O–H groups in total. The van der Waals surface area contributed by atoms with Crippen LogP contribution in [0.5, 0.6) is 5.75 Å². The zero-order valence-electron chi connectivity index (χ0n) is 33.8. The van der Waals surface area contributed by atoms with Gasteiger partial charge in [-0.05, 0) is 122 Å². The molecule has 2 aliphatic heterocycles. The molecule has 3 heterocycles. The fourth-order valence-electron chi connectivity index (χ4n) is 7.79. The molecule has 1 aromatic carbocycles. The standard InChI is InChI=1S/C39H57N9O8S/c1-38(2,3)56-37(52)40-29-14-11-9-7-8-10-13-26-24-39(26,36(51)44-57(53,54)28-20-21-28)41-34(49)32-23-31(30(47(32)35(29)50)15-12-22-46(4)5)48-43-33(42-45-48)25-16-18-27(55-6)19-17-25/h10,13,16-19,26,28-32H,7-9,11-12,14-15,20-24H2,1-6H3,(H,40,52)(H,41,49)(H,44,51)/b13-10-/t26?,29?,30-,31+,32?,39?/m0/s1. The summed E-state index contributed by atoms with van der Waals surface area (Å²) >= 11 is 0. The van der Waals surface area contributed by atoms with E-state index in [4.69, 9.17) is 14.6 Å². The van der Waals surface area contributed by atoms with Crippen molar-refractivity contribution in [3.63, 3.8) is 0 Å². The maximum absolute atomic E-state index is 15.1. The molecule has 6 atom stereocenters. The molecular weight excluding hydrogens is 755 g/mol. The maximum atomic E-state index is 15.1. The zero-order valence-corrected chi connectivity index (χ0v) is 34.6. The maximum Gasteiger partial charge on any atom is 0.408 e. The topological polar surface area (TPSA) is 207 Å². The van der Waals surface area contributed by atoms with Crippen molar-refractivity contribution in [1.29, 1.82) is 0 Å². The average Bonchev–Trinajstić information content (AvgIpc) is 4.03. The lowest BCUT2D eigenvalue weighted by atomic mass is 10.0. The molecule has 1 saturated heterocycles. The van der Waals surface area contributed by atoms with Gasteiger partial charge >= 0.3 is 6.09 Å². The molecule has 2 aromatic rings. The van der Waals surface area contributed by atoms with E-state index in [1.54, 1.807) is 40.0 Å². The minimum Gasteiger partial charge on any atom is -0.497 e. The summed E-state index contributed by atoms with van der Waals surface area (Å²) in [6.45, 7) is 5.91. The van der Waals surface area contributed by atoms with E-state index in [9.17, 15) is 22.8 Å². The largest absolute Gasteiger partial charge is 0.497 e. The molecule has 0 spiro atoms. The predicted octanol–water partition coefficient (Wildman–Crippen LogP) is 3.10. The molecule has 3 fully saturated rings. The van der Waals surface area contributed by atoms with Crippen molar-refractivity contribution in [3.8, 4) is 17.1 Å². The van der Waals surface area contributed by atoms with Gasteiger partial charge in [0, 0.05) is 17.9 Å². The van der Waals surface area contributed by atoms with Crippen molar-refractivity contribution in [2.45, 2.75) is 132 Å². The number of carbonyl (C=O) groups excluding carboxylic acids is 4. The normalized spacial score (nSPS) is 27.6. The lowest BCUT2D eigenvalue weighted by Crippen LogP contribution is -2.59. The predicted molar refractivity (Wildman–Crippen MR) is 210 cm³/mol. The van der Waals surface area contributed by atoms with Crippen molar-refractivity contribution < 1.29 is 37.1 Å². The number of tetrazole rings is 1. The first-order valence-electron chi connectivity index (χ1n) is 20.0. The van der Waals surface area contributed by atoms with Crippen LogP contribution < -0.4 is 20.1 Å². The second kappa shape index (κ2) is 17.1. The zero-order chi connectivity index (χ0) is 41.1. The molecule has 18 heteroatoms. The number of hydrogen-bond acceptors (Lipinski definition) is 12. The lowest BCUT2D eigenvalue weighted by Gasteiger charge is -2.35. The molecule has 1 aromatic heterocycles. The summed E-state index contributed by atoms with van der Waals surface area (Å²) in [5, 5.41) is 18.7. The number of ether oxygens (including phenoxy) is 2. The molecule has 2 saturated carbocycles. The second-order valence-electron chi connectivity index (χ2n) is 17.0. The molecule has 57 heavy (non-hydrogen) atoms. The first kappa shape index (κ1) is 42.0. The summed E-state index contributed by atoms with van der Waals surface area (Å²) in [6.07, 6.45) is 8.54. The number of methoxy groups -OCH3 is 1. The molecular formula is C39H57N9O8S. The molecule has 6 rings (SSSR count). The molecule has 4 unspecified atom stereocenters. The number of amides is 4. The fraction of sp³-hybridized carbons (Fsp3) is 0.667. The Bertz CT molecular complexity index is 1920. The molecule has 4 amide bonds. The van der Waals surface area contributed by atoms with Crippen molar-refractivity contribution in [2.24, 2.45) is 5.92 Å². The van der Waals surface area contributed by atoms with Gasteiger partial charge in [-0.15, -0.1) is 10.2 Å². The number of sulfonamides is 1. The summed E-state index contributed by atoms with van der Waals surface area (Å²) in [5.41, 5.74) is -1.65. The van der Waals surface area contributed by atoms with Gasteiger partial charge in [0.05, 0.1) is 24.4 Å². The summed E-state index contributed by atoms with van der Waals surface area (Å²) in [4.78, 5) is 62.0. The molecule has 2 aliphatic carbocycles. The fourth-order valence-corrected chi connectivity index (χ4v) is 9.15. The van der Waals surface area contributed by atoms with Crippen molar-refractivity contribution in [3.05, 3.63) is 36.4 Å². The molecule has 312 valence electrons. The van der Waals surface area contributed by atoms with Crippen LogP contribution in [0.2, 0.25) is 0 Å². The van der Waals surface area contributed by atoms with Gasteiger partial charge in [0.25, 0.3) is 5.91 Å². The number of rotatable bonds is 11. The molecule has 4 aliphatic rings. The number of nitrogens with zero attached hydrogens (tertiary/aromatic N) is 6. The highest BCUT2D eigenvalue weighted by Gasteiger charge is 2.62. The number of hydrogen-bond donors (Lipinski definition) is 3. The van der Waals surface area contributed by atoms with Gasteiger partial charge in [-0.25, -0.2) is 13.2 Å². The van der Waals surface area contributed by atoms with E-state index in [-0.39, 0.29) is 12.8 Å². The Morgan fingerprint density at radius 1 is 1.07 bits per heavy atom. The van der Waals surface area contributed by atoms with Gasteiger partial charge in [-0.1, -0.05) is 25.0 Å². The molecule has 17 nitrogen and oxygen atoms in total. The van der Waals surface area contributed by atoms with Gasteiger partial charge in [0.15, 0.2) is 0 Å². The highest BCUT2D eigenvalue weighted by atomic mass is 32.2. The first-order valence-corrected chi connectivity index (χ1v) is 21.5. The highest BCUT2D eigenvalue weighted by molar-refractivity contribution is 7.91. The van der Waals surface area contributed by atoms with Gasteiger partial charge in [0.2, 0.25) is 27.7 Å². The third kappa shape index (κ3) is 10.1. The number of aromatic nitrogens is 4.